The minimum Gasteiger partial charge on any atom is -0.244 e. The van der Waals surface area contributed by atoms with Crippen LogP contribution in [0.15, 0.2) is 61.3 Å². The van der Waals surface area contributed by atoms with E-state index in [0.29, 0.717) is 0 Å². The van der Waals surface area contributed by atoms with Crippen LogP contribution in [0.4, 0.5) is 0 Å². The van der Waals surface area contributed by atoms with Crippen LogP contribution in [0.5, 0.6) is 0 Å². The van der Waals surface area contributed by atoms with Crippen LogP contribution in [-0.2, 0) is 20.5 Å². The van der Waals surface area contributed by atoms with Crippen molar-refractivity contribution in [3.8, 4) is 11.3 Å². The first-order chi connectivity index (χ1) is 14.7. The van der Waals surface area contributed by atoms with Crippen molar-refractivity contribution >= 4 is 45.0 Å². The van der Waals surface area contributed by atoms with Crippen molar-refractivity contribution in [2.75, 3.05) is 0 Å². The molecule has 5 aromatic rings. The smallest absolute Gasteiger partial charge is 0.244 e. The van der Waals surface area contributed by atoms with Gasteiger partial charge in [0.15, 0.2) is 17.3 Å². The van der Waals surface area contributed by atoms with Gasteiger partial charge in [-0.25, -0.2) is 19.1 Å². The van der Waals surface area contributed by atoms with Crippen molar-refractivity contribution in [2.45, 2.75) is 6.42 Å². The Hall–Kier alpha value is -3.67. The fourth-order valence-electron chi connectivity index (χ4n) is 5.59. The molecule has 0 atom stereocenters. The van der Waals surface area contributed by atoms with Gasteiger partial charge in [-0.1, -0.05) is 30.3 Å². The Balaban J connectivity index is 1.72. The third-order valence-electron chi connectivity index (χ3n) is 6.76. The van der Waals surface area contributed by atoms with E-state index in [-0.39, 0.29) is 6.71 Å². The molecule has 30 heavy (non-hydrogen) atoms. The number of aromatic nitrogens is 5. The van der Waals surface area contributed by atoms with Crippen molar-refractivity contribution in [3.05, 3.63) is 72.6 Å². The number of benzene rings is 2. The van der Waals surface area contributed by atoms with E-state index in [1.54, 1.807) is 6.33 Å². The van der Waals surface area contributed by atoms with E-state index in [4.69, 9.17) is 15.0 Å². The molecule has 2 aliphatic rings. The van der Waals surface area contributed by atoms with Gasteiger partial charge in [0.05, 0.1) is 23.7 Å². The van der Waals surface area contributed by atoms with Gasteiger partial charge in [0.1, 0.15) is 13.4 Å². The predicted molar refractivity (Wildman–Crippen MR) is 117 cm³/mol. The highest BCUT2D eigenvalue weighted by Crippen LogP contribution is 2.30. The highest BCUT2D eigenvalue weighted by Gasteiger charge is 2.48. The fourth-order valence-corrected chi connectivity index (χ4v) is 5.59. The largest absolute Gasteiger partial charge is 0.379 e. The molecule has 0 fully saturated rings. The second-order valence-electron chi connectivity index (χ2n) is 8.32. The third kappa shape index (κ3) is 1.86. The SMILES string of the molecule is C[n+]1cc2ccccc2c2c1B1c3c(ncnc3-c3cccc4nc[n+](C)c1c34)C2. The highest BCUT2D eigenvalue weighted by molar-refractivity contribution is 6.97. The van der Waals surface area contributed by atoms with E-state index in [1.807, 2.05) is 6.33 Å². The fraction of sp³-hybridized carbons (Fsp3) is 0.125. The number of hydrogen-bond donors (Lipinski definition) is 0. The summed E-state index contributed by atoms with van der Waals surface area (Å²) in [4.78, 5) is 14.2. The van der Waals surface area contributed by atoms with Crippen LogP contribution in [-0.4, -0.2) is 21.7 Å². The maximum atomic E-state index is 4.77. The maximum Gasteiger partial charge on any atom is 0.379 e. The summed E-state index contributed by atoms with van der Waals surface area (Å²) in [6.45, 7) is 0.0833. The number of aryl methyl sites for hydroxylation is 2. The average Bonchev–Trinajstić information content (AvgIpc) is 2.77. The maximum absolute atomic E-state index is 4.77. The van der Waals surface area contributed by atoms with Gasteiger partial charge in [-0.3, -0.25) is 0 Å². The molecule has 0 N–H and O–H groups in total. The number of hydrogen-bond acceptors (Lipinski definition) is 3. The third-order valence-corrected chi connectivity index (χ3v) is 6.76. The van der Waals surface area contributed by atoms with Crippen LogP contribution in [0.2, 0.25) is 0 Å². The molecule has 7 rings (SSSR count). The molecule has 140 valence electrons. The molecule has 0 unspecified atom stereocenters. The van der Waals surface area contributed by atoms with E-state index >= 15 is 0 Å². The molecule has 0 amide bonds. The van der Waals surface area contributed by atoms with Gasteiger partial charge in [0.25, 0.3) is 6.33 Å². The first-order valence-corrected chi connectivity index (χ1v) is 10.2. The van der Waals surface area contributed by atoms with Gasteiger partial charge in [0, 0.05) is 28.6 Å². The zero-order valence-corrected chi connectivity index (χ0v) is 16.8. The Labute approximate surface area is 173 Å². The molecule has 5 heterocycles. The van der Waals surface area contributed by atoms with E-state index in [1.165, 1.54) is 38.4 Å². The van der Waals surface area contributed by atoms with Gasteiger partial charge >= 0.3 is 6.71 Å². The Morgan fingerprint density at radius 1 is 0.900 bits per heavy atom. The molecule has 5 nitrogen and oxygen atoms in total. The molecular formula is C24H18BN5+2. The molecule has 0 radical (unpaired) electrons. The van der Waals surface area contributed by atoms with Crippen LogP contribution in [0, 0.1) is 0 Å². The minimum absolute atomic E-state index is 0.0833. The minimum atomic E-state index is 0.0833. The van der Waals surface area contributed by atoms with E-state index in [0.717, 1.165) is 28.9 Å². The summed E-state index contributed by atoms with van der Waals surface area (Å²) < 4.78 is 4.49. The van der Waals surface area contributed by atoms with E-state index in [9.17, 15) is 0 Å². The van der Waals surface area contributed by atoms with Gasteiger partial charge in [0.2, 0.25) is 0 Å². The monoisotopic (exact) mass is 387 g/mol. The van der Waals surface area contributed by atoms with Crippen LogP contribution in [0.3, 0.4) is 0 Å². The van der Waals surface area contributed by atoms with Gasteiger partial charge < -0.3 is 0 Å². The van der Waals surface area contributed by atoms with Gasteiger partial charge in [-0.15, -0.1) is 0 Å². The summed E-state index contributed by atoms with van der Waals surface area (Å²) in [5.41, 5.74) is 9.57. The quantitative estimate of drug-likeness (QED) is 0.277. The lowest BCUT2D eigenvalue weighted by molar-refractivity contribution is -0.659. The van der Waals surface area contributed by atoms with Crippen LogP contribution in [0.1, 0.15) is 11.3 Å². The zero-order chi connectivity index (χ0) is 20.0. The number of fused-ring (bicyclic) bond motifs is 6. The highest BCUT2D eigenvalue weighted by atomic mass is 15.0. The number of pyridine rings is 1. The lowest BCUT2D eigenvalue weighted by Gasteiger charge is -2.29. The molecule has 2 aromatic carbocycles. The molecule has 0 bridgehead atoms. The summed E-state index contributed by atoms with van der Waals surface area (Å²) in [7, 11) is 4.26. The first kappa shape index (κ1) is 16.2. The zero-order valence-electron chi connectivity index (χ0n) is 16.8. The summed E-state index contributed by atoms with van der Waals surface area (Å²) >= 11 is 0. The second-order valence-corrected chi connectivity index (χ2v) is 8.32. The predicted octanol–water partition coefficient (Wildman–Crippen LogP) is 0.228. The average molecular weight is 387 g/mol. The topological polar surface area (TPSA) is 46.4 Å². The van der Waals surface area contributed by atoms with E-state index in [2.05, 4.69) is 71.9 Å². The van der Waals surface area contributed by atoms with Crippen molar-refractivity contribution < 1.29 is 9.13 Å². The van der Waals surface area contributed by atoms with Crippen molar-refractivity contribution in [2.24, 2.45) is 14.1 Å². The molecule has 3 aromatic heterocycles. The Bertz CT molecular complexity index is 1560. The Morgan fingerprint density at radius 3 is 2.73 bits per heavy atom. The summed E-state index contributed by atoms with van der Waals surface area (Å²) in [6.07, 6.45) is 6.74. The van der Waals surface area contributed by atoms with Crippen LogP contribution in [0.25, 0.3) is 32.9 Å². The molecular weight excluding hydrogens is 369 g/mol. The number of rotatable bonds is 0. The molecule has 0 saturated heterocycles. The molecule has 2 aliphatic heterocycles. The van der Waals surface area contributed by atoms with Crippen molar-refractivity contribution in [1.29, 1.82) is 0 Å². The standard InChI is InChI=1S/C24H18BN5/c1-29-11-14-6-3-4-7-15(14)17-10-19-21-22(27-12-26-19)16-8-5-9-18-20(16)24(25(21)23(17)29)30(2)13-28-18/h3-9,11-13H,10H2,1-2H3/q+2. The molecule has 6 heteroatoms. The summed E-state index contributed by atoms with van der Waals surface area (Å²) in [5, 5.41) is 3.77. The van der Waals surface area contributed by atoms with Gasteiger partial charge in [-0.2, -0.15) is 0 Å². The molecule has 0 aliphatic carbocycles. The van der Waals surface area contributed by atoms with Crippen molar-refractivity contribution in [3.63, 3.8) is 0 Å². The first-order valence-electron chi connectivity index (χ1n) is 10.2. The van der Waals surface area contributed by atoms with Crippen molar-refractivity contribution in [1.82, 2.24) is 15.0 Å². The molecule has 0 spiro atoms. The lowest BCUT2D eigenvalue weighted by Crippen LogP contribution is -2.74. The Morgan fingerprint density at radius 2 is 1.80 bits per heavy atom. The lowest BCUT2D eigenvalue weighted by atomic mass is 9.34. The van der Waals surface area contributed by atoms with Crippen LogP contribution >= 0.6 is 0 Å². The summed E-state index contributed by atoms with van der Waals surface area (Å²) in [5.74, 6) is 0. The van der Waals surface area contributed by atoms with Gasteiger partial charge in [-0.05, 0) is 28.0 Å². The normalized spacial score (nSPS) is 13.5. The van der Waals surface area contributed by atoms with Crippen LogP contribution < -0.4 is 25.8 Å². The second kappa shape index (κ2) is 5.48. The van der Waals surface area contributed by atoms with E-state index < -0.39 is 0 Å². The number of nitrogens with zero attached hydrogens (tertiary/aromatic N) is 5. The molecule has 0 saturated carbocycles. The summed E-state index contributed by atoms with van der Waals surface area (Å²) in [6, 6.07) is 15.0. The Kier molecular flexibility index (Phi) is 2.95.